The van der Waals surface area contributed by atoms with Gasteiger partial charge in [-0.3, -0.25) is 9.69 Å². The molecule has 1 amide bonds. The molecule has 1 aromatic carbocycles. The summed E-state index contributed by atoms with van der Waals surface area (Å²) in [5.74, 6) is 0.00790. The number of rotatable bonds is 3. The van der Waals surface area contributed by atoms with E-state index in [0.717, 1.165) is 0 Å². The molecular formula is C12H16ClN3O3S. The number of nitrogens with one attached hydrogen (secondary N) is 1. The molecule has 0 saturated carbocycles. The third-order valence-corrected chi connectivity index (χ3v) is 5.04. The number of hydrogen-bond acceptors (Lipinski definition) is 5. The fourth-order valence-corrected chi connectivity index (χ4v) is 3.33. The van der Waals surface area contributed by atoms with Gasteiger partial charge in [-0.25, -0.2) is 8.42 Å². The van der Waals surface area contributed by atoms with Crippen molar-refractivity contribution in [3.8, 4) is 0 Å². The van der Waals surface area contributed by atoms with Crippen molar-refractivity contribution in [2.45, 2.75) is 0 Å². The van der Waals surface area contributed by atoms with Gasteiger partial charge in [0.2, 0.25) is 5.91 Å². The second kappa shape index (κ2) is 5.99. The first-order valence-electron chi connectivity index (χ1n) is 6.13. The summed E-state index contributed by atoms with van der Waals surface area (Å²) >= 11 is 5.80. The van der Waals surface area contributed by atoms with Crippen LogP contribution < -0.4 is 11.1 Å². The van der Waals surface area contributed by atoms with Crippen LogP contribution in [0, 0.1) is 0 Å². The molecule has 1 heterocycles. The van der Waals surface area contributed by atoms with E-state index < -0.39 is 9.84 Å². The van der Waals surface area contributed by atoms with E-state index in [9.17, 15) is 13.2 Å². The van der Waals surface area contributed by atoms with Crippen LogP contribution in [0.3, 0.4) is 0 Å². The van der Waals surface area contributed by atoms with Crippen molar-refractivity contribution in [2.24, 2.45) is 0 Å². The molecule has 1 aliphatic heterocycles. The van der Waals surface area contributed by atoms with E-state index in [0.29, 0.717) is 29.5 Å². The zero-order valence-corrected chi connectivity index (χ0v) is 12.4. The van der Waals surface area contributed by atoms with Crippen LogP contribution in [0.1, 0.15) is 0 Å². The maximum absolute atomic E-state index is 11.9. The number of carbonyl (C=O) groups excluding carboxylic acids is 1. The lowest BCUT2D eigenvalue weighted by atomic mass is 10.3. The Morgan fingerprint density at radius 3 is 2.60 bits per heavy atom. The van der Waals surface area contributed by atoms with Crippen molar-refractivity contribution in [1.29, 1.82) is 0 Å². The molecule has 20 heavy (non-hydrogen) atoms. The topological polar surface area (TPSA) is 92.5 Å². The molecule has 6 nitrogen and oxygen atoms in total. The first-order chi connectivity index (χ1) is 9.35. The monoisotopic (exact) mass is 317 g/mol. The lowest BCUT2D eigenvalue weighted by Crippen LogP contribution is -2.43. The molecule has 3 N–H and O–H groups in total. The van der Waals surface area contributed by atoms with Gasteiger partial charge in [0, 0.05) is 18.8 Å². The molecule has 1 saturated heterocycles. The standard InChI is InChI=1S/C12H16ClN3O3S/c13-10-2-1-9(7-11(10)14)15-12(17)8-16-3-5-20(18,19)6-4-16/h1-2,7H,3-6,8,14H2,(H,15,17). The number of sulfone groups is 1. The molecule has 2 rings (SSSR count). The van der Waals surface area contributed by atoms with E-state index in [2.05, 4.69) is 5.32 Å². The molecule has 0 atom stereocenters. The SMILES string of the molecule is Nc1cc(NC(=O)CN2CCS(=O)(=O)CC2)ccc1Cl. The van der Waals surface area contributed by atoms with Crippen molar-refractivity contribution < 1.29 is 13.2 Å². The Morgan fingerprint density at radius 1 is 1.35 bits per heavy atom. The summed E-state index contributed by atoms with van der Waals surface area (Å²) in [6, 6.07) is 4.86. The number of nitrogen functional groups attached to an aromatic ring is 1. The smallest absolute Gasteiger partial charge is 0.238 e. The van der Waals surface area contributed by atoms with Gasteiger partial charge in [0.05, 0.1) is 28.8 Å². The fraction of sp³-hybridized carbons (Fsp3) is 0.417. The number of nitrogens with zero attached hydrogens (tertiary/aromatic N) is 1. The Bertz CT molecular complexity index is 604. The Balaban J connectivity index is 1.88. The molecule has 0 aliphatic carbocycles. The number of amides is 1. The molecule has 0 unspecified atom stereocenters. The van der Waals surface area contributed by atoms with Gasteiger partial charge in [-0.15, -0.1) is 0 Å². The van der Waals surface area contributed by atoms with Gasteiger partial charge in [0.25, 0.3) is 0 Å². The summed E-state index contributed by atoms with van der Waals surface area (Å²) in [6.45, 7) is 0.940. The van der Waals surface area contributed by atoms with Crippen molar-refractivity contribution >= 4 is 38.7 Å². The molecule has 1 aliphatic rings. The number of halogens is 1. The predicted molar refractivity (Wildman–Crippen MR) is 79.6 cm³/mol. The van der Waals surface area contributed by atoms with Gasteiger partial charge in [-0.1, -0.05) is 11.6 Å². The van der Waals surface area contributed by atoms with E-state index in [1.54, 1.807) is 18.2 Å². The van der Waals surface area contributed by atoms with Crippen LogP contribution in [0.4, 0.5) is 11.4 Å². The molecule has 0 bridgehead atoms. The Hall–Kier alpha value is -1.31. The highest BCUT2D eigenvalue weighted by atomic mass is 35.5. The van der Waals surface area contributed by atoms with E-state index in [-0.39, 0.29) is 24.0 Å². The third kappa shape index (κ3) is 4.09. The van der Waals surface area contributed by atoms with Crippen LogP contribution in [0.2, 0.25) is 5.02 Å². The fourth-order valence-electron chi connectivity index (χ4n) is 1.93. The summed E-state index contributed by atoms with van der Waals surface area (Å²) in [5, 5.41) is 3.14. The summed E-state index contributed by atoms with van der Waals surface area (Å²) in [6.07, 6.45) is 0. The van der Waals surface area contributed by atoms with Crippen LogP contribution in [-0.2, 0) is 14.6 Å². The van der Waals surface area contributed by atoms with E-state index >= 15 is 0 Å². The van der Waals surface area contributed by atoms with E-state index in [1.165, 1.54) is 0 Å². The van der Waals surface area contributed by atoms with Crippen LogP contribution in [0.5, 0.6) is 0 Å². The van der Waals surface area contributed by atoms with Crippen LogP contribution in [0.25, 0.3) is 0 Å². The van der Waals surface area contributed by atoms with Gasteiger partial charge < -0.3 is 11.1 Å². The third-order valence-electron chi connectivity index (χ3n) is 3.08. The summed E-state index contributed by atoms with van der Waals surface area (Å²) in [7, 11) is -2.93. The number of anilines is 2. The number of benzene rings is 1. The van der Waals surface area contributed by atoms with E-state index in [4.69, 9.17) is 17.3 Å². The summed E-state index contributed by atoms with van der Waals surface area (Å²) < 4.78 is 22.6. The van der Waals surface area contributed by atoms with Gasteiger partial charge >= 0.3 is 0 Å². The molecule has 0 spiro atoms. The van der Waals surface area contributed by atoms with Gasteiger partial charge in [-0.2, -0.15) is 0 Å². The molecule has 0 radical (unpaired) electrons. The number of hydrogen-bond donors (Lipinski definition) is 2. The average molecular weight is 318 g/mol. The summed E-state index contributed by atoms with van der Waals surface area (Å²) in [5.41, 5.74) is 6.62. The lowest BCUT2D eigenvalue weighted by Gasteiger charge is -2.25. The maximum Gasteiger partial charge on any atom is 0.238 e. The highest BCUT2D eigenvalue weighted by Gasteiger charge is 2.22. The molecule has 0 aromatic heterocycles. The van der Waals surface area contributed by atoms with Crippen molar-refractivity contribution in [2.75, 3.05) is 42.2 Å². The zero-order valence-electron chi connectivity index (χ0n) is 10.8. The van der Waals surface area contributed by atoms with Crippen molar-refractivity contribution in [3.63, 3.8) is 0 Å². The number of nitrogens with two attached hydrogens (primary N) is 1. The average Bonchev–Trinajstić information content (AvgIpc) is 2.36. The lowest BCUT2D eigenvalue weighted by molar-refractivity contribution is -0.117. The van der Waals surface area contributed by atoms with Gasteiger partial charge in [0.1, 0.15) is 0 Å². The number of carbonyl (C=O) groups is 1. The van der Waals surface area contributed by atoms with Crippen molar-refractivity contribution in [3.05, 3.63) is 23.2 Å². The second-order valence-corrected chi connectivity index (χ2v) is 7.42. The summed E-state index contributed by atoms with van der Waals surface area (Å²) in [4.78, 5) is 13.7. The maximum atomic E-state index is 11.9. The molecule has 8 heteroatoms. The van der Waals surface area contributed by atoms with Crippen LogP contribution in [-0.4, -0.2) is 50.4 Å². The minimum atomic E-state index is -2.93. The molecular weight excluding hydrogens is 302 g/mol. The predicted octanol–water partition coefficient (Wildman–Crippen LogP) is 0.591. The van der Waals surface area contributed by atoms with E-state index in [1.807, 2.05) is 4.90 Å². The Morgan fingerprint density at radius 2 is 2.00 bits per heavy atom. The zero-order chi connectivity index (χ0) is 14.8. The van der Waals surface area contributed by atoms with Gasteiger partial charge in [-0.05, 0) is 18.2 Å². The first kappa shape index (κ1) is 15.1. The van der Waals surface area contributed by atoms with Gasteiger partial charge in [0.15, 0.2) is 9.84 Å². The minimum absolute atomic E-state index is 0.105. The Kier molecular flexibility index (Phi) is 4.52. The molecule has 1 aromatic rings. The van der Waals surface area contributed by atoms with Crippen LogP contribution in [0.15, 0.2) is 18.2 Å². The van der Waals surface area contributed by atoms with Crippen molar-refractivity contribution in [1.82, 2.24) is 4.90 Å². The normalized spacial score (nSPS) is 18.6. The van der Waals surface area contributed by atoms with Crippen LogP contribution >= 0.6 is 11.6 Å². The Labute approximate surface area is 122 Å². The highest BCUT2D eigenvalue weighted by molar-refractivity contribution is 7.91. The molecule has 1 fully saturated rings. The largest absolute Gasteiger partial charge is 0.397 e. The second-order valence-electron chi connectivity index (χ2n) is 4.71. The first-order valence-corrected chi connectivity index (χ1v) is 8.33. The highest BCUT2D eigenvalue weighted by Crippen LogP contribution is 2.22. The quantitative estimate of drug-likeness (QED) is 0.796. The molecule has 110 valence electrons. The minimum Gasteiger partial charge on any atom is -0.397 e.